The van der Waals surface area contributed by atoms with Crippen molar-refractivity contribution in [3.8, 4) is 12.3 Å². The van der Waals surface area contributed by atoms with Gasteiger partial charge in [0.25, 0.3) is 0 Å². The summed E-state index contributed by atoms with van der Waals surface area (Å²) in [5.41, 5.74) is -1.14. The van der Waals surface area contributed by atoms with Gasteiger partial charge in [-0.05, 0) is 25.1 Å². The lowest BCUT2D eigenvalue weighted by Gasteiger charge is -2.28. The van der Waals surface area contributed by atoms with E-state index in [-0.39, 0.29) is 12.1 Å². The number of methoxy groups -OCH3 is 1. The fourth-order valence-corrected chi connectivity index (χ4v) is 1.95. The maximum atomic E-state index is 13.9. The Kier molecular flexibility index (Phi) is 4.88. The first kappa shape index (κ1) is 14.7. The van der Waals surface area contributed by atoms with Gasteiger partial charge in [-0.1, -0.05) is 21.9 Å². The Morgan fingerprint density at radius 1 is 1.67 bits per heavy atom. The maximum Gasteiger partial charge on any atom is 0.330 e. The molecule has 0 amide bonds. The molecule has 1 rings (SSSR count). The van der Waals surface area contributed by atoms with Gasteiger partial charge in [-0.2, -0.15) is 0 Å². The molecular weight excluding hydrogens is 301 g/mol. The molecule has 0 aliphatic carbocycles. The summed E-state index contributed by atoms with van der Waals surface area (Å²) >= 11 is 3.24. The Morgan fingerprint density at radius 3 is 2.89 bits per heavy atom. The molecule has 0 bridgehead atoms. The Bertz CT molecular complexity index is 498. The number of halogens is 2. The lowest BCUT2D eigenvalue weighted by molar-refractivity contribution is -0.148. The Balaban J connectivity index is 3.29. The molecule has 1 unspecified atom stereocenters. The molecule has 5 heteroatoms. The summed E-state index contributed by atoms with van der Waals surface area (Å²) in [6.45, 7) is 1.65. The molecule has 3 nitrogen and oxygen atoms in total. The van der Waals surface area contributed by atoms with Crippen LogP contribution < -0.4 is 5.32 Å². The molecule has 0 saturated carbocycles. The topological polar surface area (TPSA) is 38.3 Å². The first-order valence-corrected chi connectivity index (χ1v) is 5.97. The molecule has 1 atom stereocenters. The fourth-order valence-electron chi connectivity index (χ4n) is 1.59. The normalized spacial score (nSPS) is 13.5. The van der Waals surface area contributed by atoms with Crippen molar-refractivity contribution in [2.75, 3.05) is 13.7 Å². The number of benzene rings is 1. The number of carbonyl (C=O) groups excluding carboxylic acids is 1. The van der Waals surface area contributed by atoms with E-state index in [9.17, 15) is 9.18 Å². The summed E-state index contributed by atoms with van der Waals surface area (Å²) in [7, 11) is 1.24. The van der Waals surface area contributed by atoms with Gasteiger partial charge in [-0.3, -0.25) is 5.32 Å². The number of hydrogen-bond acceptors (Lipinski definition) is 3. The van der Waals surface area contributed by atoms with E-state index in [1.165, 1.54) is 26.2 Å². The van der Waals surface area contributed by atoms with Crippen molar-refractivity contribution in [3.05, 3.63) is 34.1 Å². The third kappa shape index (κ3) is 2.89. The summed E-state index contributed by atoms with van der Waals surface area (Å²) in [5.74, 6) is 1.25. The minimum Gasteiger partial charge on any atom is -0.467 e. The second kappa shape index (κ2) is 5.98. The lowest BCUT2D eigenvalue weighted by atomic mass is 9.91. The monoisotopic (exact) mass is 313 g/mol. The van der Waals surface area contributed by atoms with Gasteiger partial charge in [-0.25, -0.2) is 9.18 Å². The summed E-state index contributed by atoms with van der Waals surface area (Å²) in [6, 6.07) is 4.35. The van der Waals surface area contributed by atoms with Crippen LogP contribution in [0, 0.1) is 18.2 Å². The number of ether oxygens (including phenoxy) is 1. The van der Waals surface area contributed by atoms with Crippen LogP contribution in [-0.2, 0) is 15.1 Å². The van der Waals surface area contributed by atoms with E-state index < -0.39 is 17.3 Å². The molecule has 0 aliphatic rings. The van der Waals surface area contributed by atoms with Crippen LogP contribution in [-0.4, -0.2) is 19.6 Å². The van der Waals surface area contributed by atoms with Crippen molar-refractivity contribution in [1.29, 1.82) is 0 Å². The van der Waals surface area contributed by atoms with E-state index in [2.05, 4.69) is 27.2 Å². The van der Waals surface area contributed by atoms with Gasteiger partial charge in [0.05, 0.1) is 13.7 Å². The number of terminal acetylenes is 1. The largest absolute Gasteiger partial charge is 0.467 e. The van der Waals surface area contributed by atoms with Gasteiger partial charge in [0, 0.05) is 10.0 Å². The highest BCUT2D eigenvalue weighted by molar-refractivity contribution is 9.10. The first-order chi connectivity index (χ1) is 8.45. The highest BCUT2D eigenvalue weighted by Crippen LogP contribution is 2.27. The Hall–Kier alpha value is -1.38. The minimum atomic E-state index is -1.32. The van der Waals surface area contributed by atoms with Crippen molar-refractivity contribution in [2.24, 2.45) is 0 Å². The van der Waals surface area contributed by atoms with E-state index >= 15 is 0 Å². The zero-order valence-corrected chi connectivity index (χ0v) is 11.7. The van der Waals surface area contributed by atoms with Gasteiger partial charge in [0.2, 0.25) is 0 Å². The first-order valence-electron chi connectivity index (χ1n) is 5.18. The van der Waals surface area contributed by atoms with Gasteiger partial charge in [0.1, 0.15) is 11.4 Å². The van der Waals surface area contributed by atoms with Crippen molar-refractivity contribution < 1.29 is 13.9 Å². The summed E-state index contributed by atoms with van der Waals surface area (Å²) in [5, 5.41) is 2.81. The highest BCUT2D eigenvalue weighted by Gasteiger charge is 2.38. The second-order valence-corrected chi connectivity index (χ2v) is 4.71. The molecule has 0 aromatic heterocycles. The predicted octanol–water partition coefficient (Wildman–Crippen LogP) is 2.20. The lowest BCUT2D eigenvalue weighted by Crippen LogP contribution is -2.48. The molecule has 0 saturated heterocycles. The molecule has 96 valence electrons. The van der Waals surface area contributed by atoms with Gasteiger partial charge in [0.15, 0.2) is 0 Å². The van der Waals surface area contributed by atoms with Crippen LogP contribution in [0.4, 0.5) is 4.39 Å². The molecule has 0 heterocycles. The van der Waals surface area contributed by atoms with Crippen LogP contribution in [0.3, 0.4) is 0 Å². The fraction of sp³-hybridized carbons (Fsp3) is 0.308. The number of hydrogen-bond donors (Lipinski definition) is 1. The van der Waals surface area contributed by atoms with Crippen LogP contribution in [0.15, 0.2) is 22.7 Å². The zero-order chi connectivity index (χ0) is 13.8. The molecule has 0 fully saturated rings. The van der Waals surface area contributed by atoms with E-state index in [1.54, 1.807) is 6.07 Å². The van der Waals surface area contributed by atoms with Crippen LogP contribution in [0.1, 0.15) is 12.5 Å². The Labute approximate surface area is 114 Å². The van der Waals surface area contributed by atoms with E-state index in [0.29, 0.717) is 4.47 Å². The van der Waals surface area contributed by atoms with Crippen LogP contribution >= 0.6 is 15.9 Å². The highest BCUT2D eigenvalue weighted by atomic mass is 79.9. The standard InChI is InChI=1S/C13H13BrFNO2/c1-4-7-16-13(2,12(17)18-3)10-8-9(14)5-6-11(10)15/h1,5-6,8,16H,7H2,2-3H3. The molecule has 18 heavy (non-hydrogen) atoms. The van der Waals surface area contributed by atoms with E-state index in [1.807, 2.05) is 0 Å². The van der Waals surface area contributed by atoms with Crippen molar-refractivity contribution in [2.45, 2.75) is 12.5 Å². The van der Waals surface area contributed by atoms with E-state index in [0.717, 1.165) is 0 Å². The molecule has 0 aliphatic heterocycles. The van der Waals surface area contributed by atoms with Gasteiger partial charge >= 0.3 is 5.97 Å². The minimum absolute atomic E-state index is 0.123. The van der Waals surface area contributed by atoms with Gasteiger partial charge < -0.3 is 4.74 Å². The quantitative estimate of drug-likeness (QED) is 0.684. The van der Waals surface area contributed by atoms with Gasteiger partial charge in [-0.15, -0.1) is 6.42 Å². The van der Waals surface area contributed by atoms with Crippen molar-refractivity contribution in [1.82, 2.24) is 5.32 Å². The smallest absolute Gasteiger partial charge is 0.330 e. The SMILES string of the molecule is C#CCNC(C)(C(=O)OC)c1cc(Br)ccc1F. The van der Waals surface area contributed by atoms with E-state index in [4.69, 9.17) is 11.2 Å². The third-order valence-electron chi connectivity index (χ3n) is 2.60. The maximum absolute atomic E-state index is 13.9. The average molecular weight is 314 g/mol. The summed E-state index contributed by atoms with van der Waals surface area (Å²) in [6.07, 6.45) is 5.16. The summed E-state index contributed by atoms with van der Waals surface area (Å²) < 4.78 is 19.2. The van der Waals surface area contributed by atoms with Crippen molar-refractivity contribution >= 4 is 21.9 Å². The third-order valence-corrected chi connectivity index (χ3v) is 3.10. The molecule has 0 spiro atoms. The second-order valence-electron chi connectivity index (χ2n) is 3.80. The van der Waals surface area contributed by atoms with Crippen LogP contribution in [0.5, 0.6) is 0 Å². The zero-order valence-electron chi connectivity index (χ0n) is 10.1. The molecule has 1 aromatic carbocycles. The number of carbonyl (C=O) groups is 1. The predicted molar refractivity (Wildman–Crippen MR) is 70.3 cm³/mol. The van der Waals surface area contributed by atoms with Crippen LogP contribution in [0.25, 0.3) is 0 Å². The average Bonchev–Trinajstić information content (AvgIpc) is 2.37. The molecule has 0 radical (unpaired) electrons. The van der Waals surface area contributed by atoms with Crippen LogP contribution in [0.2, 0.25) is 0 Å². The molecular formula is C13H13BrFNO2. The molecule has 1 aromatic rings. The Morgan fingerprint density at radius 2 is 2.33 bits per heavy atom. The number of rotatable bonds is 4. The molecule has 1 N–H and O–H groups in total. The number of esters is 1. The summed E-state index contributed by atoms with van der Waals surface area (Å²) in [4.78, 5) is 11.9. The van der Waals surface area contributed by atoms with Crippen molar-refractivity contribution in [3.63, 3.8) is 0 Å². The number of nitrogens with one attached hydrogen (secondary N) is 1.